The molecule has 0 spiro atoms. The lowest BCUT2D eigenvalue weighted by atomic mass is 9.98. The smallest absolute Gasteiger partial charge is 0.338 e. The molecule has 1 aliphatic rings. The molecular formula is C12H12N4O3. The largest absolute Gasteiger partial charge is 0.472 e. The van der Waals surface area contributed by atoms with Gasteiger partial charge in [-0.1, -0.05) is 0 Å². The number of nitrogens with zero attached hydrogens (tertiary/aromatic N) is 3. The minimum absolute atomic E-state index is 0.398. The molecule has 3 heterocycles. The van der Waals surface area contributed by atoms with E-state index < -0.39 is 12.0 Å². The maximum atomic E-state index is 12.0. The summed E-state index contributed by atoms with van der Waals surface area (Å²) in [5, 5.41) is 7.19. The molecule has 0 radical (unpaired) electrons. The fourth-order valence-electron chi connectivity index (χ4n) is 2.20. The quantitative estimate of drug-likeness (QED) is 0.820. The zero-order valence-corrected chi connectivity index (χ0v) is 10.5. The topological polar surface area (TPSA) is 82.2 Å². The highest BCUT2D eigenvalue weighted by Crippen LogP contribution is 2.34. The Morgan fingerprint density at radius 2 is 2.42 bits per heavy atom. The van der Waals surface area contributed by atoms with Crippen LogP contribution in [0.1, 0.15) is 18.5 Å². The number of hydrogen-bond acceptors (Lipinski definition) is 6. The molecule has 0 fully saturated rings. The van der Waals surface area contributed by atoms with Crippen molar-refractivity contribution in [3.05, 3.63) is 41.8 Å². The van der Waals surface area contributed by atoms with Gasteiger partial charge in [0.1, 0.15) is 12.4 Å². The molecule has 2 aromatic rings. The van der Waals surface area contributed by atoms with Crippen LogP contribution in [0.3, 0.4) is 0 Å². The van der Waals surface area contributed by atoms with Crippen molar-refractivity contribution in [2.75, 3.05) is 12.4 Å². The summed E-state index contributed by atoms with van der Waals surface area (Å²) in [6.45, 7) is 1.80. The summed E-state index contributed by atoms with van der Waals surface area (Å²) in [4.78, 5) is 16.1. The maximum Gasteiger partial charge on any atom is 0.338 e. The first-order valence-corrected chi connectivity index (χ1v) is 5.70. The predicted octanol–water partition coefficient (Wildman–Crippen LogP) is 1.33. The Hall–Kier alpha value is -2.57. The number of hydrogen-bond donors (Lipinski definition) is 1. The summed E-state index contributed by atoms with van der Waals surface area (Å²) < 4.78 is 11.6. The molecule has 98 valence electrons. The summed E-state index contributed by atoms with van der Waals surface area (Å²) in [7, 11) is 1.35. The van der Waals surface area contributed by atoms with Crippen molar-refractivity contribution in [1.82, 2.24) is 14.8 Å². The molecule has 7 nitrogen and oxygen atoms in total. The molecule has 0 aliphatic carbocycles. The Balaban J connectivity index is 2.18. The van der Waals surface area contributed by atoms with Gasteiger partial charge in [0.25, 0.3) is 0 Å². The lowest BCUT2D eigenvalue weighted by Gasteiger charge is -2.26. The minimum atomic E-state index is -0.405. The Morgan fingerprint density at radius 3 is 3.11 bits per heavy atom. The van der Waals surface area contributed by atoms with Crippen LogP contribution < -0.4 is 5.32 Å². The fourth-order valence-corrected chi connectivity index (χ4v) is 2.20. The predicted molar refractivity (Wildman–Crippen MR) is 65.2 cm³/mol. The Kier molecular flexibility index (Phi) is 2.59. The monoisotopic (exact) mass is 260 g/mol. The SMILES string of the molecule is COC(=O)C1=C(C)Nc2ncnn2[C@H]1c1ccoc1. The van der Waals surface area contributed by atoms with Gasteiger partial charge in [-0.25, -0.2) is 9.48 Å². The van der Waals surface area contributed by atoms with Crippen LogP contribution in [0.25, 0.3) is 0 Å². The van der Waals surface area contributed by atoms with E-state index in [0.29, 0.717) is 17.2 Å². The van der Waals surface area contributed by atoms with Gasteiger partial charge in [-0.2, -0.15) is 10.1 Å². The summed E-state index contributed by atoms with van der Waals surface area (Å²) in [5.74, 6) is 0.175. The van der Waals surface area contributed by atoms with E-state index in [1.54, 1.807) is 30.2 Å². The minimum Gasteiger partial charge on any atom is -0.472 e. The van der Waals surface area contributed by atoms with Crippen molar-refractivity contribution in [1.29, 1.82) is 0 Å². The van der Waals surface area contributed by atoms with Gasteiger partial charge in [-0.15, -0.1) is 0 Å². The standard InChI is InChI=1S/C12H12N4O3/c1-7-9(11(17)18-2)10(8-3-4-19-5-8)16-12(15-7)13-6-14-16/h3-6,10H,1-2H3,(H,13,14,15)/t10-/m0/s1. The molecule has 0 aromatic carbocycles. The molecule has 0 amide bonds. The first-order valence-electron chi connectivity index (χ1n) is 5.70. The van der Waals surface area contributed by atoms with Gasteiger partial charge < -0.3 is 14.5 Å². The van der Waals surface area contributed by atoms with Gasteiger partial charge in [0, 0.05) is 11.3 Å². The van der Waals surface area contributed by atoms with Crippen LogP contribution in [0.5, 0.6) is 0 Å². The lowest BCUT2D eigenvalue weighted by Crippen LogP contribution is -2.29. The molecule has 1 atom stereocenters. The van der Waals surface area contributed by atoms with Crippen LogP contribution in [0.4, 0.5) is 5.95 Å². The third-order valence-corrected chi connectivity index (χ3v) is 3.06. The normalized spacial score (nSPS) is 17.9. The average Bonchev–Trinajstić information content (AvgIpc) is 3.06. The van der Waals surface area contributed by atoms with E-state index >= 15 is 0 Å². The molecule has 0 bridgehead atoms. The summed E-state index contributed by atoms with van der Waals surface area (Å²) in [5.41, 5.74) is 1.99. The summed E-state index contributed by atoms with van der Waals surface area (Å²) in [6, 6.07) is 1.39. The van der Waals surface area contributed by atoms with Gasteiger partial charge in [0.15, 0.2) is 0 Å². The highest BCUT2D eigenvalue weighted by molar-refractivity contribution is 5.92. The molecule has 3 rings (SSSR count). The number of furan rings is 1. The third kappa shape index (κ3) is 1.70. The van der Waals surface area contributed by atoms with E-state index in [1.165, 1.54) is 13.4 Å². The van der Waals surface area contributed by atoms with E-state index in [-0.39, 0.29) is 0 Å². The van der Waals surface area contributed by atoms with Crippen LogP contribution in [0.2, 0.25) is 0 Å². The number of aromatic nitrogens is 3. The first kappa shape index (κ1) is 11.5. The number of fused-ring (bicyclic) bond motifs is 1. The van der Waals surface area contributed by atoms with Crippen molar-refractivity contribution in [3.8, 4) is 0 Å². The van der Waals surface area contributed by atoms with Crippen LogP contribution in [-0.4, -0.2) is 27.8 Å². The highest BCUT2D eigenvalue weighted by Gasteiger charge is 2.34. The van der Waals surface area contributed by atoms with Crippen LogP contribution in [-0.2, 0) is 9.53 Å². The molecule has 0 unspecified atom stereocenters. The molecular weight excluding hydrogens is 248 g/mol. The number of rotatable bonds is 2. The number of carbonyl (C=O) groups excluding carboxylic acids is 1. The number of ether oxygens (including phenoxy) is 1. The van der Waals surface area contributed by atoms with Crippen molar-refractivity contribution in [2.45, 2.75) is 13.0 Å². The lowest BCUT2D eigenvalue weighted by molar-refractivity contribution is -0.136. The van der Waals surface area contributed by atoms with Gasteiger partial charge in [0.2, 0.25) is 5.95 Å². The maximum absolute atomic E-state index is 12.0. The van der Waals surface area contributed by atoms with Gasteiger partial charge >= 0.3 is 5.97 Å². The highest BCUT2D eigenvalue weighted by atomic mass is 16.5. The van der Waals surface area contributed by atoms with Crippen molar-refractivity contribution in [3.63, 3.8) is 0 Å². The molecule has 7 heteroatoms. The zero-order chi connectivity index (χ0) is 13.4. The van der Waals surface area contributed by atoms with Crippen molar-refractivity contribution in [2.24, 2.45) is 0 Å². The van der Waals surface area contributed by atoms with Crippen molar-refractivity contribution >= 4 is 11.9 Å². The van der Waals surface area contributed by atoms with E-state index in [1.807, 2.05) is 0 Å². The second-order valence-corrected chi connectivity index (χ2v) is 4.14. The number of esters is 1. The van der Waals surface area contributed by atoms with Gasteiger partial charge in [-0.05, 0) is 13.0 Å². The van der Waals surface area contributed by atoms with Crippen LogP contribution in [0.15, 0.2) is 40.6 Å². The number of methoxy groups -OCH3 is 1. The first-order chi connectivity index (χ1) is 9.22. The molecule has 1 N–H and O–H groups in total. The molecule has 1 aliphatic heterocycles. The molecule has 2 aromatic heterocycles. The second kappa shape index (κ2) is 4.27. The third-order valence-electron chi connectivity index (χ3n) is 3.06. The Morgan fingerprint density at radius 1 is 1.58 bits per heavy atom. The van der Waals surface area contributed by atoms with Gasteiger partial charge in [-0.3, -0.25) is 0 Å². The molecule has 19 heavy (non-hydrogen) atoms. The summed E-state index contributed by atoms with van der Waals surface area (Å²) in [6.07, 6.45) is 4.57. The molecule has 0 saturated carbocycles. The second-order valence-electron chi connectivity index (χ2n) is 4.14. The Bertz CT molecular complexity index is 642. The number of carbonyl (C=O) groups is 1. The average molecular weight is 260 g/mol. The van der Waals surface area contributed by atoms with E-state index in [9.17, 15) is 4.79 Å². The van der Waals surface area contributed by atoms with E-state index in [0.717, 1.165) is 5.56 Å². The Labute approximate surface area is 108 Å². The number of anilines is 1. The number of nitrogens with one attached hydrogen (secondary N) is 1. The fraction of sp³-hybridized carbons (Fsp3) is 0.250. The molecule has 0 saturated heterocycles. The van der Waals surface area contributed by atoms with Crippen LogP contribution in [0, 0.1) is 0 Å². The number of allylic oxidation sites excluding steroid dienone is 1. The van der Waals surface area contributed by atoms with Gasteiger partial charge in [0.05, 0.1) is 25.2 Å². The van der Waals surface area contributed by atoms with Crippen LogP contribution >= 0.6 is 0 Å². The van der Waals surface area contributed by atoms with E-state index in [2.05, 4.69) is 15.4 Å². The van der Waals surface area contributed by atoms with E-state index in [4.69, 9.17) is 9.15 Å². The van der Waals surface area contributed by atoms with Crippen molar-refractivity contribution < 1.29 is 13.9 Å². The zero-order valence-electron chi connectivity index (χ0n) is 10.5. The summed E-state index contributed by atoms with van der Waals surface area (Å²) >= 11 is 0.